The van der Waals surface area contributed by atoms with Gasteiger partial charge in [-0.15, -0.1) is 4.91 Å². The molecule has 60 valence electrons. The van der Waals surface area contributed by atoms with Crippen LogP contribution in [0, 0.1) is 4.91 Å². The fraction of sp³-hybridized carbons (Fsp3) is 0.714. The maximum Gasteiger partial charge on any atom is 0.147 e. The molecule has 2 aliphatic rings. The molecule has 2 rings (SSSR count). The lowest BCUT2D eigenvalue weighted by atomic mass is 9.99. The Labute approximate surface area is 64.1 Å². The summed E-state index contributed by atoms with van der Waals surface area (Å²) in [5, 5.41) is 2.88. The Bertz CT molecular complexity index is 202. The second-order valence-electron chi connectivity index (χ2n) is 2.75. The highest BCUT2D eigenvalue weighted by atomic mass is 16.7. The van der Waals surface area contributed by atoms with Gasteiger partial charge in [-0.05, 0) is 11.6 Å². The zero-order valence-corrected chi connectivity index (χ0v) is 6.03. The Morgan fingerprint density at radius 3 is 3.09 bits per heavy atom. The normalized spacial score (nSPS) is 36.2. The van der Waals surface area contributed by atoms with E-state index in [-0.39, 0.29) is 12.2 Å². The quantitative estimate of drug-likeness (QED) is 0.534. The lowest BCUT2D eigenvalue weighted by Gasteiger charge is -2.18. The molecule has 2 unspecified atom stereocenters. The molecule has 0 amide bonds. The van der Waals surface area contributed by atoms with Crippen LogP contribution in [0.2, 0.25) is 0 Å². The minimum atomic E-state index is 0.0627. The number of hydrogen-bond acceptors (Lipinski definition) is 4. The Morgan fingerprint density at radius 1 is 1.45 bits per heavy atom. The highest BCUT2D eigenvalue weighted by Gasteiger charge is 2.32. The Morgan fingerprint density at radius 2 is 2.27 bits per heavy atom. The first-order chi connectivity index (χ1) is 5.40. The molecule has 1 saturated heterocycles. The summed E-state index contributed by atoms with van der Waals surface area (Å²) in [6.45, 7) is 0.356. The first kappa shape index (κ1) is 6.94. The van der Waals surface area contributed by atoms with E-state index in [1.54, 1.807) is 0 Å². The molecular formula is C7H9NO3. The second kappa shape index (κ2) is 2.71. The average Bonchev–Trinajstić information content (AvgIpc) is 2.50. The third-order valence-electron chi connectivity index (χ3n) is 2.09. The summed E-state index contributed by atoms with van der Waals surface area (Å²) in [5.74, 6) is 0. The number of ether oxygens (including phenoxy) is 2. The Balaban J connectivity index is 2.08. The molecule has 1 aliphatic heterocycles. The van der Waals surface area contributed by atoms with E-state index in [4.69, 9.17) is 9.47 Å². The molecule has 0 aromatic carbocycles. The summed E-state index contributed by atoms with van der Waals surface area (Å²) in [6.07, 6.45) is 3.40. The molecule has 1 heterocycles. The maximum atomic E-state index is 10.1. The van der Waals surface area contributed by atoms with Crippen molar-refractivity contribution in [3.8, 4) is 0 Å². The molecule has 0 saturated carbocycles. The lowest BCUT2D eigenvalue weighted by Crippen LogP contribution is -2.25. The topological polar surface area (TPSA) is 47.9 Å². The van der Waals surface area contributed by atoms with Crippen molar-refractivity contribution in [2.24, 2.45) is 5.18 Å². The second-order valence-corrected chi connectivity index (χ2v) is 2.75. The molecule has 11 heavy (non-hydrogen) atoms. The van der Waals surface area contributed by atoms with E-state index in [9.17, 15) is 4.91 Å². The van der Waals surface area contributed by atoms with Crippen LogP contribution in [0.15, 0.2) is 16.9 Å². The van der Waals surface area contributed by atoms with Crippen molar-refractivity contribution >= 4 is 0 Å². The van der Waals surface area contributed by atoms with E-state index in [0.717, 1.165) is 6.42 Å². The first-order valence-corrected chi connectivity index (χ1v) is 3.66. The van der Waals surface area contributed by atoms with Gasteiger partial charge in [-0.2, -0.15) is 0 Å². The van der Waals surface area contributed by atoms with Crippen molar-refractivity contribution in [3.05, 3.63) is 16.7 Å². The van der Waals surface area contributed by atoms with Crippen LogP contribution >= 0.6 is 0 Å². The van der Waals surface area contributed by atoms with Crippen molar-refractivity contribution in [1.29, 1.82) is 0 Å². The van der Waals surface area contributed by atoms with Gasteiger partial charge in [0.15, 0.2) is 0 Å². The summed E-state index contributed by atoms with van der Waals surface area (Å²) in [4.78, 5) is 10.1. The van der Waals surface area contributed by atoms with Crippen LogP contribution in [-0.2, 0) is 9.47 Å². The zero-order valence-electron chi connectivity index (χ0n) is 6.03. The molecule has 0 aromatic heterocycles. The van der Waals surface area contributed by atoms with E-state index in [1.807, 2.05) is 6.08 Å². The van der Waals surface area contributed by atoms with Crippen molar-refractivity contribution in [3.63, 3.8) is 0 Å². The molecule has 0 N–H and O–H groups in total. The molecular weight excluding hydrogens is 146 g/mol. The van der Waals surface area contributed by atoms with Gasteiger partial charge in [-0.25, -0.2) is 0 Å². The first-order valence-electron chi connectivity index (χ1n) is 3.66. The van der Waals surface area contributed by atoms with Crippen LogP contribution < -0.4 is 0 Å². The number of hydrogen-bond donors (Lipinski definition) is 0. The SMILES string of the molecule is O=NC1=CCC2OCOC2C1. The summed E-state index contributed by atoms with van der Waals surface area (Å²) in [7, 11) is 0. The molecule has 1 aliphatic carbocycles. The highest BCUT2D eigenvalue weighted by Crippen LogP contribution is 2.28. The Hall–Kier alpha value is -0.740. The predicted molar refractivity (Wildman–Crippen MR) is 37.7 cm³/mol. The average molecular weight is 155 g/mol. The minimum absolute atomic E-state index is 0.0627. The summed E-state index contributed by atoms with van der Waals surface area (Å²) in [6, 6.07) is 0. The number of rotatable bonds is 1. The molecule has 4 heteroatoms. The third kappa shape index (κ3) is 1.19. The van der Waals surface area contributed by atoms with Gasteiger partial charge in [0.1, 0.15) is 6.79 Å². The van der Waals surface area contributed by atoms with Crippen molar-refractivity contribution in [1.82, 2.24) is 0 Å². The van der Waals surface area contributed by atoms with E-state index in [0.29, 0.717) is 18.9 Å². The van der Waals surface area contributed by atoms with Crippen molar-refractivity contribution in [2.45, 2.75) is 25.0 Å². The smallest absolute Gasteiger partial charge is 0.147 e. The molecule has 0 bridgehead atoms. The predicted octanol–water partition coefficient (Wildman–Crippen LogP) is 1.17. The minimum Gasteiger partial charge on any atom is -0.349 e. The maximum absolute atomic E-state index is 10.1. The number of nitrogens with zero attached hydrogens (tertiary/aromatic N) is 1. The molecule has 4 nitrogen and oxygen atoms in total. The molecule has 2 atom stereocenters. The Kier molecular flexibility index (Phi) is 1.71. The van der Waals surface area contributed by atoms with E-state index in [2.05, 4.69) is 5.18 Å². The van der Waals surface area contributed by atoms with Crippen LogP contribution in [-0.4, -0.2) is 19.0 Å². The third-order valence-corrected chi connectivity index (χ3v) is 2.09. The standard InChI is InChI=1S/C7H9NO3/c9-8-5-1-2-6-7(3-5)11-4-10-6/h1,6-7H,2-4H2. The molecule has 0 radical (unpaired) electrons. The molecule has 0 aromatic rings. The fourth-order valence-corrected chi connectivity index (χ4v) is 1.46. The number of nitroso groups, excluding NO2 is 1. The van der Waals surface area contributed by atoms with E-state index < -0.39 is 0 Å². The monoisotopic (exact) mass is 155 g/mol. The van der Waals surface area contributed by atoms with Gasteiger partial charge < -0.3 is 9.47 Å². The van der Waals surface area contributed by atoms with Crippen molar-refractivity contribution in [2.75, 3.05) is 6.79 Å². The van der Waals surface area contributed by atoms with Crippen LogP contribution in [0.4, 0.5) is 0 Å². The summed E-state index contributed by atoms with van der Waals surface area (Å²) in [5.41, 5.74) is 0.594. The van der Waals surface area contributed by atoms with Crippen LogP contribution in [0.3, 0.4) is 0 Å². The molecule has 1 fully saturated rings. The van der Waals surface area contributed by atoms with Gasteiger partial charge in [0.25, 0.3) is 0 Å². The van der Waals surface area contributed by atoms with Gasteiger partial charge >= 0.3 is 0 Å². The summed E-state index contributed by atoms with van der Waals surface area (Å²) >= 11 is 0. The molecule has 0 spiro atoms. The van der Waals surface area contributed by atoms with Crippen LogP contribution in [0.5, 0.6) is 0 Å². The van der Waals surface area contributed by atoms with Gasteiger partial charge in [0.05, 0.1) is 17.9 Å². The number of fused-ring (bicyclic) bond motifs is 1. The van der Waals surface area contributed by atoms with Gasteiger partial charge in [-0.3, -0.25) is 0 Å². The van der Waals surface area contributed by atoms with Gasteiger partial charge in [0.2, 0.25) is 0 Å². The van der Waals surface area contributed by atoms with Gasteiger partial charge in [0, 0.05) is 6.42 Å². The largest absolute Gasteiger partial charge is 0.349 e. The van der Waals surface area contributed by atoms with Gasteiger partial charge in [-0.1, -0.05) is 6.08 Å². The summed E-state index contributed by atoms with van der Waals surface area (Å²) < 4.78 is 10.5. The van der Waals surface area contributed by atoms with E-state index >= 15 is 0 Å². The lowest BCUT2D eigenvalue weighted by molar-refractivity contribution is 0.0401. The fourth-order valence-electron chi connectivity index (χ4n) is 1.46. The highest BCUT2D eigenvalue weighted by molar-refractivity contribution is 5.09. The zero-order chi connectivity index (χ0) is 7.68. The van der Waals surface area contributed by atoms with Crippen LogP contribution in [0.1, 0.15) is 12.8 Å². The van der Waals surface area contributed by atoms with E-state index in [1.165, 1.54) is 0 Å². The van der Waals surface area contributed by atoms with Crippen LogP contribution in [0.25, 0.3) is 0 Å². The van der Waals surface area contributed by atoms with Crippen molar-refractivity contribution < 1.29 is 9.47 Å².